The summed E-state index contributed by atoms with van der Waals surface area (Å²) in [6, 6.07) is 10.5. The Morgan fingerprint density at radius 3 is 2.86 bits per heavy atom. The van der Waals surface area contributed by atoms with Gasteiger partial charge in [0.25, 0.3) is 5.91 Å². The number of halogens is 1. The molecule has 2 aromatic rings. The first-order chi connectivity index (χ1) is 10.0. The van der Waals surface area contributed by atoms with E-state index in [2.05, 4.69) is 10.6 Å². The third-order valence-electron chi connectivity index (χ3n) is 3.44. The number of anilines is 2. The molecule has 2 N–H and O–H groups in total. The van der Waals surface area contributed by atoms with Crippen molar-refractivity contribution in [3.05, 3.63) is 58.1 Å². The van der Waals surface area contributed by atoms with Gasteiger partial charge < -0.3 is 10.6 Å². The Labute approximate surface area is 127 Å². The van der Waals surface area contributed by atoms with E-state index in [1.807, 2.05) is 13.0 Å². The Morgan fingerprint density at radius 1 is 1.24 bits per heavy atom. The van der Waals surface area contributed by atoms with Crippen molar-refractivity contribution < 1.29 is 9.59 Å². The summed E-state index contributed by atoms with van der Waals surface area (Å²) in [6.07, 6.45) is 0.366. The highest BCUT2D eigenvalue weighted by Crippen LogP contribution is 2.25. The van der Waals surface area contributed by atoms with Gasteiger partial charge in [0, 0.05) is 22.0 Å². The van der Waals surface area contributed by atoms with Crippen molar-refractivity contribution in [1.29, 1.82) is 0 Å². The predicted molar refractivity (Wildman–Crippen MR) is 82.9 cm³/mol. The van der Waals surface area contributed by atoms with Gasteiger partial charge in [-0.25, -0.2) is 0 Å². The minimum atomic E-state index is -0.232. The molecule has 0 aromatic heterocycles. The molecule has 0 saturated carbocycles. The van der Waals surface area contributed by atoms with Gasteiger partial charge in [0.1, 0.15) is 0 Å². The molecule has 1 aliphatic heterocycles. The van der Waals surface area contributed by atoms with Crippen LogP contribution in [0, 0.1) is 6.92 Å². The lowest BCUT2D eigenvalue weighted by Gasteiger charge is -2.09. The quantitative estimate of drug-likeness (QED) is 0.893. The Balaban J connectivity index is 1.85. The number of rotatable bonds is 2. The minimum Gasteiger partial charge on any atom is -0.326 e. The lowest BCUT2D eigenvalue weighted by Crippen LogP contribution is -2.13. The van der Waals surface area contributed by atoms with Crippen LogP contribution in [0.5, 0.6) is 0 Å². The van der Waals surface area contributed by atoms with Crippen molar-refractivity contribution in [1.82, 2.24) is 0 Å². The van der Waals surface area contributed by atoms with Gasteiger partial charge >= 0.3 is 0 Å². The molecular formula is C16H13ClN2O2. The van der Waals surface area contributed by atoms with Crippen molar-refractivity contribution in [2.75, 3.05) is 10.6 Å². The van der Waals surface area contributed by atoms with Crippen LogP contribution in [0.15, 0.2) is 36.4 Å². The summed E-state index contributed by atoms with van der Waals surface area (Å²) in [5, 5.41) is 6.14. The van der Waals surface area contributed by atoms with E-state index in [0.717, 1.165) is 11.1 Å². The standard InChI is InChI=1S/C16H13ClN2O2/c1-9-2-5-12(17)8-13(9)19-16(21)11-4-3-10-7-15(20)18-14(10)6-11/h2-6,8H,7H2,1H3,(H,18,20)(H,19,21). The molecule has 1 heterocycles. The molecule has 0 fully saturated rings. The normalized spacial score (nSPS) is 12.8. The fraction of sp³-hybridized carbons (Fsp3) is 0.125. The number of carbonyl (C=O) groups is 2. The molecule has 0 atom stereocenters. The summed E-state index contributed by atoms with van der Waals surface area (Å²) in [5.74, 6) is -0.280. The fourth-order valence-corrected chi connectivity index (χ4v) is 2.45. The van der Waals surface area contributed by atoms with E-state index in [-0.39, 0.29) is 11.8 Å². The largest absolute Gasteiger partial charge is 0.326 e. The monoisotopic (exact) mass is 300 g/mol. The second-order valence-electron chi connectivity index (χ2n) is 5.01. The van der Waals surface area contributed by atoms with Crippen LogP contribution in [0.1, 0.15) is 21.5 Å². The zero-order chi connectivity index (χ0) is 15.0. The van der Waals surface area contributed by atoms with Gasteiger partial charge in [0.05, 0.1) is 6.42 Å². The summed E-state index contributed by atoms with van der Waals surface area (Å²) in [7, 11) is 0. The maximum atomic E-state index is 12.3. The van der Waals surface area contributed by atoms with E-state index in [9.17, 15) is 9.59 Å². The van der Waals surface area contributed by atoms with Crippen LogP contribution in [-0.4, -0.2) is 11.8 Å². The number of hydrogen-bond donors (Lipinski definition) is 2. The highest BCUT2D eigenvalue weighted by Gasteiger charge is 2.19. The van der Waals surface area contributed by atoms with Crippen molar-refractivity contribution in [3.63, 3.8) is 0 Å². The van der Waals surface area contributed by atoms with Crippen LogP contribution in [0.2, 0.25) is 5.02 Å². The van der Waals surface area contributed by atoms with Crippen LogP contribution in [0.4, 0.5) is 11.4 Å². The van der Waals surface area contributed by atoms with E-state index in [1.54, 1.807) is 30.3 Å². The van der Waals surface area contributed by atoms with Crippen LogP contribution in [0.3, 0.4) is 0 Å². The summed E-state index contributed by atoms with van der Waals surface area (Å²) in [4.78, 5) is 23.6. The number of fused-ring (bicyclic) bond motifs is 1. The second-order valence-corrected chi connectivity index (χ2v) is 5.45. The van der Waals surface area contributed by atoms with Crippen molar-refractivity contribution in [3.8, 4) is 0 Å². The summed E-state index contributed by atoms with van der Waals surface area (Å²) < 4.78 is 0. The van der Waals surface area contributed by atoms with Gasteiger partial charge in [0.15, 0.2) is 0 Å². The average Bonchev–Trinajstić information content (AvgIpc) is 2.81. The summed E-state index contributed by atoms with van der Waals surface area (Å²) in [5.41, 5.74) is 3.72. The Bertz CT molecular complexity index is 756. The van der Waals surface area contributed by atoms with Gasteiger partial charge in [0.2, 0.25) is 5.91 Å². The van der Waals surface area contributed by atoms with E-state index in [1.165, 1.54) is 0 Å². The fourth-order valence-electron chi connectivity index (χ4n) is 2.28. The molecule has 0 saturated heterocycles. The topological polar surface area (TPSA) is 58.2 Å². The number of aryl methyl sites for hydroxylation is 1. The molecule has 21 heavy (non-hydrogen) atoms. The number of benzene rings is 2. The van der Waals surface area contributed by atoms with E-state index >= 15 is 0 Å². The summed E-state index contributed by atoms with van der Waals surface area (Å²) in [6.45, 7) is 1.90. The Morgan fingerprint density at radius 2 is 2.05 bits per heavy atom. The molecular weight excluding hydrogens is 288 g/mol. The van der Waals surface area contributed by atoms with E-state index in [0.29, 0.717) is 28.4 Å². The van der Waals surface area contributed by atoms with Crippen molar-refractivity contribution >= 4 is 34.8 Å². The number of nitrogens with one attached hydrogen (secondary N) is 2. The first-order valence-electron chi connectivity index (χ1n) is 6.53. The Kier molecular flexibility index (Phi) is 3.39. The maximum Gasteiger partial charge on any atom is 0.255 e. The van der Waals surface area contributed by atoms with Crippen LogP contribution >= 0.6 is 11.6 Å². The van der Waals surface area contributed by atoms with Gasteiger partial charge in [-0.05, 0) is 42.3 Å². The predicted octanol–water partition coefficient (Wildman–Crippen LogP) is 3.40. The van der Waals surface area contributed by atoms with Gasteiger partial charge in [-0.3, -0.25) is 9.59 Å². The smallest absolute Gasteiger partial charge is 0.255 e. The zero-order valence-corrected chi connectivity index (χ0v) is 12.1. The number of hydrogen-bond acceptors (Lipinski definition) is 2. The van der Waals surface area contributed by atoms with Crippen LogP contribution in [-0.2, 0) is 11.2 Å². The number of carbonyl (C=O) groups excluding carboxylic acids is 2. The van der Waals surface area contributed by atoms with Crippen LogP contribution < -0.4 is 10.6 Å². The third kappa shape index (κ3) is 2.76. The maximum absolute atomic E-state index is 12.3. The Hall–Kier alpha value is -2.33. The van der Waals surface area contributed by atoms with E-state index in [4.69, 9.17) is 11.6 Å². The molecule has 0 radical (unpaired) electrons. The highest BCUT2D eigenvalue weighted by molar-refractivity contribution is 6.31. The average molecular weight is 301 g/mol. The lowest BCUT2D eigenvalue weighted by atomic mass is 10.1. The first kappa shape index (κ1) is 13.6. The van der Waals surface area contributed by atoms with Crippen LogP contribution in [0.25, 0.3) is 0 Å². The molecule has 0 spiro atoms. The van der Waals surface area contributed by atoms with Gasteiger partial charge in [-0.2, -0.15) is 0 Å². The molecule has 0 aliphatic carbocycles. The van der Waals surface area contributed by atoms with E-state index < -0.39 is 0 Å². The SMILES string of the molecule is Cc1ccc(Cl)cc1NC(=O)c1ccc2c(c1)NC(=O)C2. The molecule has 4 nitrogen and oxygen atoms in total. The molecule has 2 amide bonds. The molecule has 1 aliphatic rings. The summed E-state index contributed by atoms with van der Waals surface area (Å²) >= 11 is 5.94. The first-order valence-corrected chi connectivity index (χ1v) is 6.91. The zero-order valence-electron chi connectivity index (χ0n) is 11.4. The molecule has 106 valence electrons. The minimum absolute atomic E-state index is 0.0479. The lowest BCUT2D eigenvalue weighted by molar-refractivity contribution is -0.115. The molecule has 0 unspecified atom stereocenters. The van der Waals surface area contributed by atoms with Gasteiger partial charge in [-0.1, -0.05) is 23.7 Å². The molecule has 2 aromatic carbocycles. The van der Waals surface area contributed by atoms with Gasteiger partial charge in [-0.15, -0.1) is 0 Å². The van der Waals surface area contributed by atoms with Crippen molar-refractivity contribution in [2.24, 2.45) is 0 Å². The molecule has 5 heteroatoms. The second kappa shape index (κ2) is 5.22. The highest BCUT2D eigenvalue weighted by atomic mass is 35.5. The van der Waals surface area contributed by atoms with Crippen molar-refractivity contribution in [2.45, 2.75) is 13.3 Å². The third-order valence-corrected chi connectivity index (χ3v) is 3.68. The molecule has 0 bridgehead atoms. The number of amides is 2. The molecule has 3 rings (SSSR count).